The number of fused-ring (bicyclic) bond motifs is 2. The van der Waals surface area contributed by atoms with Crippen LogP contribution >= 0.6 is 0 Å². The number of ketones is 1. The molecule has 2 heterocycles. The minimum absolute atomic E-state index is 0.0355. The second-order valence-electron chi connectivity index (χ2n) is 5.39. The number of nitrogens with zero attached hydrogens (tertiary/aromatic N) is 1. The van der Waals surface area contributed by atoms with Crippen LogP contribution in [0.5, 0.6) is 0 Å². The van der Waals surface area contributed by atoms with Crippen molar-refractivity contribution in [2.75, 3.05) is 11.5 Å². The number of hydrogen-bond donors (Lipinski definition) is 2. The smallest absolute Gasteiger partial charge is 0.254 e. The molecule has 1 amide bonds. The summed E-state index contributed by atoms with van der Waals surface area (Å²) < 4.78 is 0. The summed E-state index contributed by atoms with van der Waals surface area (Å²) in [6.07, 6.45) is 2.83. The zero-order chi connectivity index (χ0) is 13.6. The second kappa shape index (κ2) is 4.26. The van der Waals surface area contributed by atoms with Gasteiger partial charge in [-0.05, 0) is 31.0 Å². The van der Waals surface area contributed by atoms with Gasteiger partial charge < -0.3 is 16.4 Å². The molecule has 2 unspecified atom stereocenters. The van der Waals surface area contributed by atoms with Crippen molar-refractivity contribution in [3.8, 4) is 0 Å². The van der Waals surface area contributed by atoms with E-state index in [1.807, 2.05) is 4.90 Å². The summed E-state index contributed by atoms with van der Waals surface area (Å²) in [6.45, 7) is 0. The number of rotatable bonds is 1. The van der Waals surface area contributed by atoms with Crippen molar-refractivity contribution in [1.82, 2.24) is 4.90 Å². The topological polar surface area (TPSA) is 89.4 Å². The number of benzene rings is 1. The summed E-state index contributed by atoms with van der Waals surface area (Å²) in [7, 11) is 0. The van der Waals surface area contributed by atoms with Gasteiger partial charge in [-0.3, -0.25) is 9.59 Å². The zero-order valence-electron chi connectivity index (χ0n) is 10.6. The van der Waals surface area contributed by atoms with Crippen molar-refractivity contribution in [2.24, 2.45) is 0 Å². The van der Waals surface area contributed by atoms with Gasteiger partial charge in [0.05, 0.1) is 11.4 Å². The highest BCUT2D eigenvalue weighted by atomic mass is 16.2. The van der Waals surface area contributed by atoms with Crippen molar-refractivity contribution in [3.05, 3.63) is 23.8 Å². The highest BCUT2D eigenvalue weighted by Crippen LogP contribution is 2.35. The summed E-state index contributed by atoms with van der Waals surface area (Å²) in [5.41, 5.74) is 12.9. The van der Waals surface area contributed by atoms with Crippen LogP contribution in [0.4, 0.5) is 11.4 Å². The number of nitrogen functional groups attached to an aromatic ring is 2. The monoisotopic (exact) mass is 259 g/mol. The van der Waals surface area contributed by atoms with Gasteiger partial charge in [-0.1, -0.05) is 0 Å². The Morgan fingerprint density at radius 2 is 1.74 bits per heavy atom. The molecule has 19 heavy (non-hydrogen) atoms. The first-order chi connectivity index (χ1) is 9.06. The molecular weight excluding hydrogens is 242 g/mol. The number of nitrogens with two attached hydrogens (primary N) is 2. The molecule has 2 atom stereocenters. The van der Waals surface area contributed by atoms with E-state index in [0.717, 1.165) is 12.8 Å². The average Bonchev–Trinajstić information content (AvgIpc) is 2.64. The minimum atomic E-state index is -0.0355. The Labute approximate surface area is 111 Å². The maximum Gasteiger partial charge on any atom is 0.254 e. The Balaban J connectivity index is 1.88. The first kappa shape index (κ1) is 12.0. The summed E-state index contributed by atoms with van der Waals surface area (Å²) in [6, 6.07) is 5.10. The molecule has 0 aromatic heterocycles. The van der Waals surface area contributed by atoms with Crippen molar-refractivity contribution in [3.63, 3.8) is 0 Å². The fraction of sp³-hybridized carbons (Fsp3) is 0.429. The molecule has 3 rings (SSSR count). The van der Waals surface area contributed by atoms with E-state index in [2.05, 4.69) is 0 Å². The highest BCUT2D eigenvalue weighted by molar-refractivity contribution is 5.98. The molecule has 1 aromatic carbocycles. The number of hydrogen-bond acceptors (Lipinski definition) is 4. The van der Waals surface area contributed by atoms with Crippen LogP contribution in [0.3, 0.4) is 0 Å². The molecule has 0 saturated carbocycles. The Bertz CT molecular complexity index is 540. The maximum absolute atomic E-state index is 12.5. The van der Waals surface area contributed by atoms with Crippen LogP contribution in [0.25, 0.3) is 0 Å². The van der Waals surface area contributed by atoms with Crippen molar-refractivity contribution >= 4 is 23.1 Å². The van der Waals surface area contributed by atoms with Crippen LogP contribution in [0.1, 0.15) is 36.0 Å². The van der Waals surface area contributed by atoms with Gasteiger partial charge in [-0.2, -0.15) is 0 Å². The fourth-order valence-electron chi connectivity index (χ4n) is 3.16. The molecule has 0 radical (unpaired) electrons. The van der Waals surface area contributed by atoms with Crippen LogP contribution in [-0.2, 0) is 4.79 Å². The van der Waals surface area contributed by atoms with E-state index in [-0.39, 0.29) is 23.8 Å². The number of amides is 1. The molecular formula is C14H17N3O2. The molecule has 2 aliphatic rings. The third kappa shape index (κ3) is 1.95. The van der Waals surface area contributed by atoms with Crippen LogP contribution < -0.4 is 11.5 Å². The summed E-state index contributed by atoms with van der Waals surface area (Å²) >= 11 is 0. The van der Waals surface area contributed by atoms with Crippen molar-refractivity contribution in [1.29, 1.82) is 0 Å². The van der Waals surface area contributed by atoms with Gasteiger partial charge in [-0.15, -0.1) is 0 Å². The molecule has 2 fully saturated rings. The van der Waals surface area contributed by atoms with Gasteiger partial charge in [0.2, 0.25) is 0 Å². The number of Topliss-reactive ketones (excluding diaryl/α,β-unsaturated/α-hetero) is 1. The van der Waals surface area contributed by atoms with Gasteiger partial charge in [-0.25, -0.2) is 0 Å². The van der Waals surface area contributed by atoms with Gasteiger partial charge in [0.15, 0.2) is 0 Å². The lowest BCUT2D eigenvalue weighted by molar-refractivity contribution is -0.122. The molecule has 0 aliphatic carbocycles. The van der Waals surface area contributed by atoms with E-state index in [9.17, 15) is 9.59 Å². The number of carbonyl (C=O) groups excluding carboxylic acids is 2. The molecule has 5 heteroatoms. The van der Waals surface area contributed by atoms with Gasteiger partial charge in [0, 0.05) is 30.5 Å². The highest BCUT2D eigenvalue weighted by Gasteiger charge is 2.42. The van der Waals surface area contributed by atoms with Crippen molar-refractivity contribution in [2.45, 2.75) is 37.8 Å². The minimum Gasteiger partial charge on any atom is -0.397 e. The Hall–Kier alpha value is -2.04. The lowest BCUT2D eigenvalue weighted by atomic mass is 10.00. The molecule has 4 N–H and O–H groups in total. The van der Waals surface area contributed by atoms with Crippen LogP contribution in [0.15, 0.2) is 18.2 Å². The Morgan fingerprint density at radius 1 is 1.11 bits per heavy atom. The summed E-state index contributed by atoms with van der Waals surface area (Å²) in [5, 5.41) is 0. The van der Waals surface area contributed by atoms with E-state index >= 15 is 0 Å². The summed E-state index contributed by atoms with van der Waals surface area (Å²) in [4.78, 5) is 26.0. The normalized spacial score (nSPS) is 25.7. The summed E-state index contributed by atoms with van der Waals surface area (Å²) in [5.74, 6) is 0.236. The van der Waals surface area contributed by atoms with Crippen LogP contribution in [0, 0.1) is 0 Å². The molecule has 5 nitrogen and oxygen atoms in total. The van der Waals surface area contributed by atoms with Gasteiger partial charge in [0.1, 0.15) is 5.78 Å². The van der Waals surface area contributed by atoms with E-state index < -0.39 is 0 Å². The molecule has 2 bridgehead atoms. The maximum atomic E-state index is 12.5. The van der Waals surface area contributed by atoms with E-state index in [1.54, 1.807) is 18.2 Å². The quantitative estimate of drug-likeness (QED) is 0.741. The lowest BCUT2D eigenvalue weighted by Crippen LogP contribution is -2.46. The first-order valence-electron chi connectivity index (χ1n) is 6.55. The van der Waals surface area contributed by atoms with Gasteiger partial charge in [0.25, 0.3) is 5.91 Å². The second-order valence-corrected chi connectivity index (χ2v) is 5.39. The SMILES string of the molecule is Nc1ccc(C(=O)N2C3CCC2CC(=O)C3)cc1N. The molecule has 1 aromatic rings. The van der Waals surface area contributed by atoms with Gasteiger partial charge >= 0.3 is 0 Å². The Kier molecular flexibility index (Phi) is 2.69. The number of carbonyl (C=O) groups is 2. The largest absolute Gasteiger partial charge is 0.397 e. The van der Waals surface area contributed by atoms with E-state index in [1.165, 1.54) is 0 Å². The van der Waals surface area contributed by atoms with E-state index in [4.69, 9.17) is 11.5 Å². The Morgan fingerprint density at radius 3 is 2.32 bits per heavy atom. The van der Waals surface area contributed by atoms with Crippen LogP contribution in [0.2, 0.25) is 0 Å². The van der Waals surface area contributed by atoms with Crippen LogP contribution in [-0.4, -0.2) is 28.7 Å². The zero-order valence-corrected chi connectivity index (χ0v) is 10.6. The number of piperidine rings is 1. The fourth-order valence-corrected chi connectivity index (χ4v) is 3.16. The first-order valence-corrected chi connectivity index (χ1v) is 6.55. The molecule has 2 aliphatic heterocycles. The predicted molar refractivity (Wildman–Crippen MR) is 72.5 cm³/mol. The number of anilines is 2. The molecule has 0 spiro atoms. The lowest BCUT2D eigenvalue weighted by Gasteiger charge is -2.34. The van der Waals surface area contributed by atoms with Crippen molar-refractivity contribution < 1.29 is 9.59 Å². The third-order valence-electron chi connectivity index (χ3n) is 4.11. The van der Waals surface area contributed by atoms with E-state index in [0.29, 0.717) is 29.8 Å². The standard InChI is InChI=1S/C14H17N3O2/c15-12-4-1-8(5-13(12)16)14(19)17-9-2-3-10(17)7-11(18)6-9/h1,4-5,9-10H,2-3,6-7,15-16H2. The molecule has 2 saturated heterocycles. The molecule has 100 valence electrons. The average molecular weight is 259 g/mol. The predicted octanol–water partition coefficient (Wildman–Crippen LogP) is 1.19. The third-order valence-corrected chi connectivity index (χ3v) is 4.11.